The third kappa shape index (κ3) is 2.43. The van der Waals surface area contributed by atoms with Gasteiger partial charge in [-0.1, -0.05) is 0 Å². The highest BCUT2D eigenvalue weighted by atomic mass is 19.1. The van der Waals surface area contributed by atoms with Crippen molar-refractivity contribution in [3.8, 4) is 5.75 Å². The van der Waals surface area contributed by atoms with Gasteiger partial charge in [0.25, 0.3) is 5.91 Å². The summed E-state index contributed by atoms with van der Waals surface area (Å²) in [6, 6.07) is 3.11. The number of aliphatic hydroxyl groups is 1. The van der Waals surface area contributed by atoms with Gasteiger partial charge in [0.2, 0.25) is 0 Å². The predicted octanol–water partition coefficient (Wildman–Crippen LogP) is 0.253. The summed E-state index contributed by atoms with van der Waals surface area (Å²) in [5, 5.41) is 20.0. The average molecular weight is 199 g/mol. The van der Waals surface area contributed by atoms with E-state index in [0.29, 0.717) is 0 Å². The van der Waals surface area contributed by atoms with Crippen LogP contribution in [-0.4, -0.2) is 29.3 Å². The van der Waals surface area contributed by atoms with Gasteiger partial charge in [-0.15, -0.1) is 0 Å². The van der Waals surface area contributed by atoms with Crippen LogP contribution in [0.15, 0.2) is 18.2 Å². The molecule has 4 nitrogen and oxygen atoms in total. The number of aliphatic hydroxyl groups excluding tert-OH is 1. The Hall–Kier alpha value is -1.62. The Labute approximate surface area is 80.0 Å². The van der Waals surface area contributed by atoms with Crippen LogP contribution in [0.5, 0.6) is 5.75 Å². The molecule has 76 valence electrons. The first-order valence-electron chi connectivity index (χ1n) is 4.02. The molecule has 1 amide bonds. The number of hydrogen-bond acceptors (Lipinski definition) is 3. The molecule has 1 aromatic rings. The zero-order valence-electron chi connectivity index (χ0n) is 7.33. The zero-order chi connectivity index (χ0) is 10.6. The SMILES string of the molecule is O=C(NCCO)c1ccc(F)cc1O. The molecule has 0 aliphatic heterocycles. The molecular weight excluding hydrogens is 189 g/mol. The van der Waals surface area contributed by atoms with Crippen molar-refractivity contribution in [2.24, 2.45) is 0 Å². The Balaban J connectivity index is 2.80. The molecule has 5 heteroatoms. The maximum absolute atomic E-state index is 12.5. The van der Waals surface area contributed by atoms with Crippen molar-refractivity contribution in [1.29, 1.82) is 0 Å². The molecule has 0 fully saturated rings. The zero-order valence-corrected chi connectivity index (χ0v) is 7.33. The molecule has 14 heavy (non-hydrogen) atoms. The van der Waals surface area contributed by atoms with Crippen molar-refractivity contribution in [2.45, 2.75) is 0 Å². The molecule has 0 heterocycles. The van der Waals surface area contributed by atoms with E-state index < -0.39 is 17.5 Å². The number of carbonyl (C=O) groups is 1. The molecule has 0 saturated carbocycles. The van der Waals surface area contributed by atoms with Crippen molar-refractivity contribution in [3.63, 3.8) is 0 Å². The van der Waals surface area contributed by atoms with Crippen LogP contribution in [0.1, 0.15) is 10.4 Å². The fourth-order valence-corrected chi connectivity index (χ4v) is 0.961. The van der Waals surface area contributed by atoms with Gasteiger partial charge in [0.15, 0.2) is 0 Å². The van der Waals surface area contributed by atoms with Gasteiger partial charge in [-0.2, -0.15) is 0 Å². The summed E-state index contributed by atoms with van der Waals surface area (Å²) in [4.78, 5) is 11.2. The fraction of sp³-hybridized carbons (Fsp3) is 0.222. The van der Waals surface area contributed by atoms with Crippen LogP contribution < -0.4 is 5.32 Å². The smallest absolute Gasteiger partial charge is 0.255 e. The number of amides is 1. The summed E-state index contributed by atoms with van der Waals surface area (Å²) in [7, 11) is 0. The Morgan fingerprint density at radius 1 is 1.50 bits per heavy atom. The first-order valence-corrected chi connectivity index (χ1v) is 4.02. The first-order chi connectivity index (χ1) is 6.65. The lowest BCUT2D eigenvalue weighted by atomic mass is 10.2. The van der Waals surface area contributed by atoms with Gasteiger partial charge in [0, 0.05) is 12.6 Å². The van der Waals surface area contributed by atoms with E-state index in [0.717, 1.165) is 12.1 Å². The minimum atomic E-state index is -0.610. The van der Waals surface area contributed by atoms with E-state index in [2.05, 4.69) is 5.32 Å². The molecule has 0 radical (unpaired) electrons. The molecule has 0 aliphatic carbocycles. The van der Waals surface area contributed by atoms with Crippen molar-refractivity contribution in [1.82, 2.24) is 5.32 Å². The van der Waals surface area contributed by atoms with E-state index in [1.54, 1.807) is 0 Å². The maximum Gasteiger partial charge on any atom is 0.255 e. The van der Waals surface area contributed by atoms with E-state index in [1.165, 1.54) is 6.07 Å². The van der Waals surface area contributed by atoms with Crippen LogP contribution in [0.3, 0.4) is 0 Å². The van der Waals surface area contributed by atoms with Gasteiger partial charge < -0.3 is 15.5 Å². The summed E-state index contributed by atoms with van der Waals surface area (Å²) < 4.78 is 12.5. The number of benzene rings is 1. The highest BCUT2D eigenvalue weighted by Gasteiger charge is 2.10. The predicted molar refractivity (Wildman–Crippen MR) is 47.5 cm³/mol. The molecule has 0 saturated heterocycles. The molecule has 0 unspecified atom stereocenters. The molecular formula is C9H10FNO3. The van der Waals surface area contributed by atoms with Gasteiger partial charge in [-0.05, 0) is 12.1 Å². The Morgan fingerprint density at radius 2 is 2.21 bits per heavy atom. The summed E-state index contributed by atoms with van der Waals surface area (Å²) >= 11 is 0. The second-order valence-electron chi connectivity index (χ2n) is 2.64. The molecule has 0 aliphatic rings. The van der Waals surface area contributed by atoms with Gasteiger partial charge in [0.05, 0.1) is 12.2 Å². The number of halogens is 1. The van der Waals surface area contributed by atoms with Crippen molar-refractivity contribution in [2.75, 3.05) is 13.2 Å². The second kappa shape index (κ2) is 4.57. The van der Waals surface area contributed by atoms with Crippen LogP contribution in [0.2, 0.25) is 0 Å². The van der Waals surface area contributed by atoms with E-state index >= 15 is 0 Å². The van der Waals surface area contributed by atoms with E-state index in [-0.39, 0.29) is 18.7 Å². The number of aromatic hydroxyl groups is 1. The number of nitrogens with one attached hydrogen (secondary N) is 1. The molecule has 0 bridgehead atoms. The summed E-state index contributed by atoms with van der Waals surface area (Å²) in [6.07, 6.45) is 0. The lowest BCUT2D eigenvalue weighted by Crippen LogP contribution is -2.26. The van der Waals surface area contributed by atoms with Crippen LogP contribution in [0.4, 0.5) is 4.39 Å². The van der Waals surface area contributed by atoms with Crippen molar-refractivity contribution >= 4 is 5.91 Å². The van der Waals surface area contributed by atoms with Gasteiger partial charge >= 0.3 is 0 Å². The van der Waals surface area contributed by atoms with Crippen molar-refractivity contribution < 1.29 is 19.4 Å². The Kier molecular flexibility index (Phi) is 3.41. The first kappa shape index (κ1) is 10.5. The highest BCUT2D eigenvalue weighted by molar-refractivity contribution is 5.96. The summed E-state index contributed by atoms with van der Waals surface area (Å²) in [5.74, 6) is -1.57. The number of carbonyl (C=O) groups excluding carboxylic acids is 1. The summed E-state index contributed by atoms with van der Waals surface area (Å²) in [6.45, 7) is -0.0939. The molecule has 1 aromatic carbocycles. The maximum atomic E-state index is 12.5. The topological polar surface area (TPSA) is 69.6 Å². The minimum Gasteiger partial charge on any atom is -0.507 e. The quantitative estimate of drug-likeness (QED) is 0.653. The monoisotopic (exact) mass is 199 g/mol. The third-order valence-electron chi connectivity index (χ3n) is 1.60. The molecule has 0 spiro atoms. The van der Waals surface area contributed by atoms with E-state index in [9.17, 15) is 14.3 Å². The molecule has 3 N–H and O–H groups in total. The third-order valence-corrected chi connectivity index (χ3v) is 1.60. The van der Waals surface area contributed by atoms with E-state index in [4.69, 9.17) is 5.11 Å². The summed E-state index contributed by atoms with van der Waals surface area (Å²) in [5.41, 5.74) is -0.0140. The number of hydrogen-bond donors (Lipinski definition) is 3. The van der Waals surface area contributed by atoms with Crippen LogP contribution >= 0.6 is 0 Å². The number of phenols is 1. The second-order valence-corrected chi connectivity index (χ2v) is 2.64. The van der Waals surface area contributed by atoms with Gasteiger partial charge in [-0.25, -0.2) is 4.39 Å². The van der Waals surface area contributed by atoms with Crippen LogP contribution in [0, 0.1) is 5.82 Å². The average Bonchev–Trinajstić information content (AvgIpc) is 2.14. The van der Waals surface area contributed by atoms with Crippen LogP contribution in [0.25, 0.3) is 0 Å². The van der Waals surface area contributed by atoms with Crippen LogP contribution in [-0.2, 0) is 0 Å². The normalized spacial score (nSPS) is 9.86. The lowest BCUT2D eigenvalue weighted by molar-refractivity contribution is 0.0942. The molecule has 1 rings (SSSR count). The number of phenolic OH excluding ortho intramolecular Hbond substituents is 1. The highest BCUT2D eigenvalue weighted by Crippen LogP contribution is 2.17. The Morgan fingerprint density at radius 3 is 2.79 bits per heavy atom. The number of rotatable bonds is 3. The van der Waals surface area contributed by atoms with Gasteiger partial charge in [0.1, 0.15) is 11.6 Å². The van der Waals surface area contributed by atoms with E-state index in [1.807, 2.05) is 0 Å². The minimum absolute atomic E-state index is 0.0140. The fourth-order valence-electron chi connectivity index (χ4n) is 0.961. The lowest BCUT2D eigenvalue weighted by Gasteiger charge is -2.04. The molecule has 0 atom stereocenters. The largest absolute Gasteiger partial charge is 0.507 e. The standard InChI is InChI=1S/C9H10FNO3/c10-6-1-2-7(8(13)5-6)9(14)11-3-4-12/h1-2,5,12-13H,3-4H2,(H,11,14). The Bertz CT molecular complexity index is 341. The van der Waals surface area contributed by atoms with Crippen molar-refractivity contribution in [3.05, 3.63) is 29.6 Å². The van der Waals surface area contributed by atoms with Gasteiger partial charge in [-0.3, -0.25) is 4.79 Å². The molecule has 0 aromatic heterocycles.